The van der Waals surface area contributed by atoms with Gasteiger partial charge in [0.2, 0.25) is 0 Å². The molecule has 1 aromatic rings. The highest BCUT2D eigenvalue weighted by Gasteiger charge is 2.39. The molecule has 1 aromatic carbocycles. The zero-order valence-electron chi connectivity index (χ0n) is 11.5. The minimum absolute atomic E-state index is 0.0127. The predicted octanol–water partition coefficient (Wildman–Crippen LogP) is 4.10. The van der Waals surface area contributed by atoms with Gasteiger partial charge in [-0.05, 0) is 13.1 Å². The molecule has 0 radical (unpaired) electrons. The highest BCUT2D eigenvalue weighted by atomic mass is 19.4. The zero-order chi connectivity index (χ0) is 18.8. The first-order valence-corrected chi connectivity index (χ1v) is 5.79. The van der Waals surface area contributed by atoms with Gasteiger partial charge in [-0.15, -0.1) is 39.5 Å². The van der Waals surface area contributed by atoms with Gasteiger partial charge in [0.15, 0.2) is 11.5 Å². The number of alkyl halides is 9. The van der Waals surface area contributed by atoms with E-state index in [1.54, 1.807) is 0 Å². The molecule has 138 valence electrons. The number of hydrogen-bond acceptors (Lipinski definition) is 4. The minimum Gasteiger partial charge on any atom is -0.406 e. The normalized spacial score (nSPS) is 12.9. The Morgan fingerprint density at radius 3 is 1.71 bits per heavy atom. The molecule has 0 aliphatic heterocycles. The van der Waals surface area contributed by atoms with Crippen LogP contribution >= 0.6 is 0 Å². The largest absolute Gasteiger partial charge is 0.573 e. The van der Waals surface area contributed by atoms with E-state index in [0.29, 0.717) is 6.07 Å². The lowest BCUT2D eigenvalue weighted by Gasteiger charge is -2.20. The van der Waals surface area contributed by atoms with E-state index >= 15 is 0 Å². The Labute approximate surface area is 128 Å². The number of rotatable bonds is 5. The lowest BCUT2D eigenvalue weighted by atomic mass is 10.1. The molecule has 1 rings (SSSR count). The summed E-state index contributed by atoms with van der Waals surface area (Å²) in [6.45, 7) is -0.561. The molecule has 0 bridgehead atoms. The van der Waals surface area contributed by atoms with Crippen molar-refractivity contribution in [2.24, 2.45) is 0 Å². The van der Waals surface area contributed by atoms with Crippen LogP contribution in [0.1, 0.15) is 5.56 Å². The molecule has 0 aromatic heterocycles. The minimum atomic E-state index is -5.47. The molecule has 0 unspecified atom stereocenters. The fraction of sp³-hybridized carbons (Fsp3) is 0.455. The lowest BCUT2D eigenvalue weighted by Crippen LogP contribution is -2.23. The molecule has 0 heterocycles. The molecule has 4 nitrogen and oxygen atoms in total. The molecule has 0 spiro atoms. The van der Waals surface area contributed by atoms with E-state index in [2.05, 4.69) is 19.5 Å². The van der Waals surface area contributed by atoms with Crippen molar-refractivity contribution in [3.63, 3.8) is 0 Å². The quantitative estimate of drug-likeness (QED) is 0.789. The molecule has 13 heteroatoms. The van der Waals surface area contributed by atoms with Gasteiger partial charge in [-0.25, -0.2) is 0 Å². The van der Waals surface area contributed by atoms with E-state index in [4.69, 9.17) is 0 Å². The maximum atomic E-state index is 12.4. The fourth-order valence-corrected chi connectivity index (χ4v) is 1.58. The first-order chi connectivity index (χ1) is 10.7. The average Bonchev–Trinajstić information content (AvgIpc) is 2.28. The smallest absolute Gasteiger partial charge is 0.406 e. The summed E-state index contributed by atoms with van der Waals surface area (Å²) in [6.07, 6.45) is -16.2. The Hall–Kier alpha value is -2.05. The van der Waals surface area contributed by atoms with Crippen LogP contribution < -0.4 is 19.5 Å². The Morgan fingerprint density at radius 1 is 0.792 bits per heavy atom. The molecule has 0 saturated heterocycles. The van der Waals surface area contributed by atoms with Crippen molar-refractivity contribution >= 4 is 0 Å². The van der Waals surface area contributed by atoms with E-state index in [0.717, 1.165) is 0 Å². The molecular weight excluding hydrogens is 365 g/mol. The van der Waals surface area contributed by atoms with Gasteiger partial charge in [0.05, 0.1) is 0 Å². The zero-order valence-corrected chi connectivity index (χ0v) is 11.5. The first-order valence-electron chi connectivity index (χ1n) is 5.79. The third-order valence-corrected chi connectivity index (χ3v) is 2.15. The van der Waals surface area contributed by atoms with Gasteiger partial charge in [0, 0.05) is 18.2 Å². The SMILES string of the molecule is CNCc1cc(OC(F)(F)F)cc(OC(F)(F)F)c1OC(F)(F)F. The van der Waals surface area contributed by atoms with Gasteiger partial charge >= 0.3 is 19.1 Å². The summed E-state index contributed by atoms with van der Waals surface area (Å²) in [5.41, 5.74) is -0.698. The first kappa shape index (κ1) is 20.0. The standard InChI is InChI=1S/C11H8F9NO3/c1-21-4-5-2-6(22-9(12,13)14)3-7(23-10(15,16)17)8(5)24-11(18,19)20/h2-3,21H,4H2,1H3. The van der Waals surface area contributed by atoms with Crippen LogP contribution in [0.5, 0.6) is 17.2 Å². The maximum absolute atomic E-state index is 12.4. The summed E-state index contributed by atoms with van der Waals surface area (Å²) < 4.78 is 121. The van der Waals surface area contributed by atoms with Crippen LogP contribution in [-0.4, -0.2) is 26.1 Å². The second-order valence-electron chi connectivity index (χ2n) is 4.08. The average molecular weight is 373 g/mol. The van der Waals surface area contributed by atoms with Crippen molar-refractivity contribution in [3.8, 4) is 17.2 Å². The van der Waals surface area contributed by atoms with Crippen LogP contribution in [0.4, 0.5) is 39.5 Å². The fourth-order valence-electron chi connectivity index (χ4n) is 1.58. The molecule has 0 aliphatic rings. The van der Waals surface area contributed by atoms with Gasteiger partial charge in [0.1, 0.15) is 5.75 Å². The third kappa shape index (κ3) is 7.02. The second kappa shape index (κ2) is 6.83. The predicted molar refractivity (Wildman–Crippen MR) is 59.3 cm³/mol. The molecular formula is C11H8F9NO3. The summed E-state index contributed by atoms with van der Waals surface area (Å²) >= 11 is 0. The van der Waals surface area contributed by atoms with Gasteiger partial charge in [0.25, 0.3) is 0 Å². The van der Waals surface area contributed by atoms with Crippen LogP contribution in [-0.2, 0) is 6.54 Å². The van der Waals surface area contributed by atoms with Gasteiger partial charge in [-0.1, -0.05) is 0 Å². The van der Waals surface area contributed by atoms with E-state index < -0.39 is 48.4 Å². The van der Waals surface area contributed by atoms with Crippen LogP contribution in [0, 0.1) is 0 Å². The van der Waals surface area contributed by atoms with Gasteiger partial charge in [-0.3, -0.25) is 0 Å². The topological polar surface area (TPSA) is 39.7 Å². The van der Waals surface area contributed by atoms with E-state index in [9.17, 15) is 39.5 Å². The van der Waals surface area contributed by atoms with Crippen molar-refractivity contribution in [3.05, 3.63) is 17.7 Å². The molecule has 24 heavy (non-hydrogen) atoms. The van der Waals surface area contributed by atoms with Crippen LogP contribution in [0.25, 0.3) is 0 Å². The molecule has 0 amide bonds. The summed E-state index contributed by atoms with van der Waals surface area (Å²) in [4.78, 5) is 0. The number of ether oxygens (including phenoxy) is 3. The summed E-state index contributed by atoms with van der Waals surface area (Å²) in [7, 11) is 1.19. The third-order valence-electron chi connectivity index (χ3n) is 2.15. The van der Waals surface area contributed by atoms with E-state index in [-0.39, 0.29) is 6.07 Å². The van der Waals surface area contributed by atoms with Crippen molar-refractivity contribution in [2.45, 2.75) is 25.6 Å². The van der Waals surface area contributed by atoms with Crippen molar-refractivity contribution in [1.82, 2.24) is 5.32 Å². The van der Waals surface area contributed by atoms with Crippen LogP contribution in [0.2, 0.25) is 0 Å². The van der Waals surface area contributed by atoms with Crippen molar-refractivity contribution < 1.29 is 53.7 Å². The van der Waals surface area contributed by atoms with Gasteiger partial charge in [-0.2, -0.15) is 0 Å². The maximum Gasteiger partial charge on any atom is 0.573 e. The summed E-state index contributed by atoms with van der Waals surface area (Å²) in [5.74, 6) is -4.28. The van der Waals surface area contributed by atoms with Crippen molar-refractivity contribution in [2.75, 3.05) is 7.05 Å². The lowest BCUT2D eigenvalue weighted by molar-refractivity contribution is -0.288. The monoisotopic (exact) mass is 373 g/mol. The van der Waals surface area contributed by atoms with Crippen LogP contribution in [0.3, 0.4) is 0 Å². The Morgan fingerprint density at radius 2 is 1.29 bits per heavy atom. The Kier molecular flexibility index (Phi) is 5.69. The summed E-state index contributed by atoms with van der Waals surface area (Å²) in [5, 5.41) is 2.27. The number of benzene rings is 1. The van der Waals surface area contributed by atoms with E-state index in [1.165, 1.54) is 7.05 Å². The molecule has 1 N–H and O–H groups in total. The summed E-state index contributed by atoms with van der Waals surface area (Å²) in [6, 6.07) is 0.426. The Bertz CT molecular complexity index is 566. The number of hydrogen-bond donors (Lipinski definition) is 1. The highest BCUT2D eigenvalue weighted by molar-refractivity contribution is 5.52. The van der Waals surface area contributed by atoms with E-state index in [1.807, 2.05) is 0 Å². The molecule has 0 aliphatic carbocycles. The molecule has 0 atom stereocenters. The van der Waals surface area contributed by atoms with Crippen molar-refractivity contribution in [1.29, 1.82) is 0 Å². The Balaban J connectivity index is 3.44. The molecule has 0 fully saturated rings. The second-order valence-corrected chi connectivity index (χ2v) is 4.08. The van der Waals surface area contributed by atoms with Gasteiger partial charge < -0.3 is 19.5 Å². The van der Waals surface area contributed by atoms with Crippen LogP contribution in [0.15, 0.2) is 12.1 Å². The highest BCUT2D eigenvalue weighted by Crippen LogP contribution is 2.42. The number of nitrogens with one attached hydrogen (secondary N) is 1. The molecule has 0 saturated carbocycles. The number of halogens is 9.